The van der Waals surface area contributed by atoms with Crippen LogP contribution in [0.2, 0.25) is 0 Å². The average molecular weight is 302 g/mol. The molecule has 0 N–H and O–H groups in total. The Bertz CT molecular complexity index is 536. The molecule has 0 saturated carbocycles. The van der Waals surface area contributed by atoms with E-state index in [4.69, 9.17) is 4.74 Å². The second kappa shape index (κ2) is 6.39. The Morgan fingerprint density at radius 1 is 1.27 bits per heavy atom. The van der Waals surface area contributed by atoms with Gasteiger partial charge in [-0.25, -0.2) is 0 Å². The summed E-state index contributed by atoms with van der Waals surface area (Å²) in [4.78, 5) is 16.4. The van der Waals surface area contributed by atoms with E-state index >= 15 is 0 Å². The third kappa shape index (κ3) is 2.90. The minimum Gasteiger partial charge on any atom is -0.383 e. The van der Waals surface area contributed by atoms with Crippen molar-refractivity contribution >= 4 is 5.91 Å². The van der Waals surface area contributed by atoms with Crippen molar-refractivity contribution in [2.24, 2.45) is 0 Å². The molecular weight excluding hydrogens is 276 g/mol. The van der Waals surface area contributed by atoms with Gasteiger partial charge in [0.05, 0.1) is 6.61 Å². The molecule has 0 radical (unpaired) electrons. The summed E-state index contributed by atoms with van der Waals surface area (Å²) in [5, 5.41) is 0. The van der Waals surface area contributed by atoms with E-state index in [0.29, 0.717) is 0 Å². The Balaban J connectivity index is 1.81. The lowest BCUT2D eigenvalue weighted by molar-refractivity contribution is -0.131. The highest BCUT2D eigenvalue weighted by Crippen LogP contribution is 2.41. The highest BCUT2D eigenvalue weighted by atomic mass is 16.5. The Hall–Kier alpha value is -1.39. The molecule has 1 aromatic carbocycles. The highest BCUT2D eigenvalue weighted by Gasteiger charge is 2.42. The van der Waals surface area contributed by atoms with Crippen LogP contribution in [-0.4, -0.2) is 55.6 Å². The van der Waals surface area contributed by atoms with Crippen LogP contribution >= 0.6 is 0 Å². The normalized spacial score (nSPS) is 20.9. The molecule has 0 aromatic heterocycles. The average Bonchev–Trinajstić information content (AvgIpc) is 2.54. The largest absolute Gasteiger partial charge is 0.383 e. The van der Waals surface area contributed by atoms with Crippen molar-refractivity contribution in [2.45, 2.75) is 31.7 Å². The zero-order valence-electron chi connectivity index (χ0n) is 13.7. The fourth-order valence-electron chi connectivity index (χ4n) is 3.96. The number of amides is 1. The molecule has 120 valence electrons. The number of carbonyl (C=O) groups excluding carboxylic acids is 1. The molecule has 1 amide bonds. The van der Waals surface area contributed by atoms with E-state index in [2.05, 4.69) is 29.2 Å². The van der Waals surface area contributed by atoms with Gasteiger partial charge in [-0.15, -0.1) is 0 Å². The van der Waals surface area contributed by atoms with Crippen molar-refractivity contribution in [1.82, 2.24) is 9.80 Å². The van der Waals surface area contributed by atoms with Gasteiger partial charge in [-0.3, -0.25) is 4.79 Å². The van der Waals surface area contributed by atoms with Gasteiger partial charge in [0, 0.05) is 39.1 Å². The number of benzene rings is 1. The zero-order valence-corrected chi connectivity index (χ0v) is 13.7. The summed E-state index contributed by atoms with van der Waals surface area (Å²) < 4.78 is 5.19. The number of likely N-dealkylation sites (tertiary alicyclic amines) is 1. The molecule has 4 heteroatoms. The van der Waals surface area contributed by atoms with Crippen LogP contribution in [0.5, 0.6) is 0 Å². The van der Waals surface area contributed by atoms with Crippen LogP contribution in [0.3, 0.4) is 0 Å². The third-order valence-corrected chi connectivity index (χ3v) is 5.31. The van der Waals surface area contributed by atoms with E-state index in [0.717, 1.165) is 52.2 Å². The maximum atomic E-state index is 11.9. The fourth-order valence-corrected chi connectivity index (χ4v) is 3.96. The van der Waals surface area contributed by atoms with E-state index in [9.17, 15) is 4.79 Å². The summed E-state index contributed by atoms with van der Waals surface area (Å²) in [5.41, 5.74) is 2.94. The predicted octanol–water partition coefficient (Wildman–Crippen LogP) is 2.03. The van der Waals surface area contributed by atoms with Gasteiger partial charge in [-0.2, -0.15) is 0 Å². The van der Waals surface area contributed by atoms with Crippen LogP contribution in [0.15, 0.2) is 24.3 Å². The number of fused-ring (bicyclic) bond motifs is 2. The fraction of sp³-hybridized carbons (Fsp3) is 0.611. The van der Waals surface area contributed by atoms with Gasteiger partial charge in [-0.1, -0.05) is 24.3 Å². The van der Waals surface area contributed by atoms with Crippen molar-refractivity contribution in [3.63, 3.8) is 0 Å². The van der Waals surface area contributed by atoms with Gasteiger partial charge in [0.15, 0.2) is 0 Å². The van der Waals surface area contributed by atoms with Gasteiger partial charge in [0.1, 0.15) is 0 Å². The van der Waals surface area contributed by atoms with E-state index in [1.54, 1.807) is 14.0 Å². The molecule has 22 heavy (non-hydrogen) atoms. The molecule has 2 aliphatic heterocycles. The molecule has 2 aliphatic rings. The number of carbonyl (C=O) groups is 1. The molecule has 0 aliphatic carbocycles. The molecule has 1 fully saturated rings. The van der Waals surface area contributed by atoms with Crippen molar-refractivity contribution in [2.75, 3.05) is 39.9 Å². The monoisotopic (exact) mass is 302 g/mol. The highest BCUT2D eigenvalue weighted by molar-refractivity contribution is 5.74. The number of ether oxygens (including phenoxy) is 1. The summed E-state index contributed by atoms with van der Waals surface area (Å²) in [6.45, 7) is 7.30. The Kier molecular flexibility index (Phi) is 4.50. The van der Waals surface area contributed by atoms with Gasteiger partial charge in [0.2, 0.25) is 5.91 Å². The molecule has 4 nitrogen and oxygen atoms in total. The number of methoxy groups -OCH3 is 1. The summed E-state index contributed by atoms with van der Waals surface area (Å²) in [6.07, 6.45) is 2.25. The molecule has 1 spiro atoms. The molecule has 0 unspecified atom stereocenters. The first-order chi connectivity index (χ1) is 10.6. The smallest absolute Gasteiger partial charge is 0.219 e. The summed E-state index contributed by atoms with van der Waals surface area (Å²) in [6, 6.07) is 8.69. The van der Waals surface area contributed by atoms with Crippen LogP contribution in [0.25, 0.3) is 0 Å². The lowest BCUT2D eigenvalue weighted by Crippen LogP contribution is -2.53. The number of hydrogen-bond acceptors (Lipinski definition) is 3. The lowest BCUT2D eigenvalue weighted by atomic mass is 9.69. The molecule has 1 aromatic rings. The molecule has 3 rings (SSSR count). The minimum absolute atomic E-state index is 0.143. The Labute approximate surface area is 133 Å². The topological polar surface area (TPSA) is 32.8 Å². The quantitative estimate of drug-likeness (QED) is 0.856. The lowest BCUT2D eigenvalue weighted by Gasteiger charge is -2.48. The van der Waals surface area contributed by atoms with Crippen LogP contribution in [0, 0.1) is 0 Å². The van der Waals surface area contributed by atoms with Gasteiger partial charge in [0.25, 0.3) is 0 Å². The van der Waals surface area contributed by atoms with E-state index in [-0.39, 0.29) is 11.3 Å². The molecule has 0 bridgehead atoms. The second-order valence-corrected chi connectivity index (χ2v) is 6.65. The number of nitrogens with zero attached hydrogens (tertiary/aromatic N) is 2. The first kappa shape index (κ1) is 15.5. The van der Waals surface area contributed by atoms with Crippen molar-refractivity contribution in [1.29, 1.82) is 0 Å². The Morgan fingerprint density at radius 3 is 2.68 bits per heavy atom. The molecule has 2 heterocycles. The third-order valence-electron chi connectivity index (χ3n) is 5.31. The Morgan fingerprint density at radius 2 is 2.00 bits per heavy atom. The van der Waals surface area contributed by atoms with E-state index < -0.39 is 0 Å². The van der Waals surface area contributed by atoms with Crippen LogP contribution in [-0.2, 0) is 21.5 Å². The van der Waals surface area contributed by atoms with Crippen molar-refractivity contribution < 1.29 is 9.53 Å². The summed E-state index contributed by atoms with van der Waals surface area (Å²) >= 11 is 0. The first-order valence-electron chi connectivity index (χ1n) is 8.20. The maximum absolute atomic E-state index is 11.9. The summed E-state index contributed by atoms with van der Waals surface area (Å²) in [5.74, 6) is 0.190. The van der Waals surface area contributed by atoms with Crippen molar-refractivity contribution in [3.8, 4) is 0 Å². The summed E-state index contributed by atoms with van der Waals surface area (Å²) in [7, 11) is 1.76. The number of piperidine rings is 1. The molecular formula is C18H26N2O2. The number of rotatable bonds is 3. The predicted molar refractivity (Wildman–Crippen MR) is 86.8 cm³/mol. The van der Waals surface area contributed by atoms with Gasteiger partial charge in [-0.05, 0) is 37.1 Å². The SMILES string of the molecule is COCCN1CCC2(CC1)CN(C(C)=O)Cc1ccccc12. The second-order valence-electron chi connectivity index (χ2n) is 6.65. The maximum Gasteiger partial charge on any atom is 0.219 e. The van der Waals surface area contributed by atoms with Crippen LogP contribution in [0.4, 0.5) is 0 Å². The first-order valence-corrected chi connectivity index (χ1v) is 8.20. The van der Waals surface area contributed by atoms with Crippen LogP contribution in [0.1, 0.15) is 30.9 Å². The minimum atomic E-state index is 0.143. The van der Waals surface area contributed by atoms with Crippen molar-refractivity contribution in [3.05, 3.63) is 35.4 Å². The zero-order chi connectivity index (χ0) is 15.6. The molecule has 0 atom stereocenters. The standard InChI is InChI=1S/C18H26N2O2/c1-15(21)20-13-16-5-3-4-6-17(16)18(14-20)7-9-19(10-8-18)11-12-22-2/h3-6H,7-14H2,1-2H3. The van der Waals surface area contributed by atoms with Crippen LogP contribution < -0.4 is 0 Å². The molecule has 1 saturated heterocycles. The van der Waals surface area contributed by atoms with Gasteiger partial charge < -0.3 is 14.5 Å². The number of hydrogen-bond donors (Lipinski definition) is 0. The van der Waals surface area contributed by atoms with E-state index in [1.165, 1.54) is 11.1 Å². The van der Waals surface area contributed by atoms with E-state index in [1.807, 2.05) is 4.90 Å². The van der Waals surface area contributed by atoms with Gasteiger partial charge >= 0.3 is 0 Å².